The maximum Gasteiger partial charge on any atom is 0.226 e. The van der Waals surface area contributed by atoms with Gasteiger partial charge in [-0.3, -0.25) is 4.57 Å². The Hall–Kier alpha value is -3.16. The molecule has 3 heterocycles. The molecule has 5 rings (SSSR count). The highest BCUT2D eigenvalue weighted by Gasteiger charge is 2.16. The minimum atomic E-state index is 0.635. The van der Waals surface area contributed by atoms with Gasteiger partial charge in [-0.25, -0.2) is 4.98 Å². The summed E-state index contributed by atoms with van der Waals surface area (Å²) >= 11 is 3.29. The van der Waals surface area contributed by atoms with Gasteiger partial charge in [0.05, 0.1) is 17.1 Å². The van der Waals surface area contributed by atoms with Gasteiger partial charge in [0.2, 0.25) is 5.89 Å². The molecule has 0 aliphatic carbocycles. The summed E-state index contributed by atoms with van der Waals surface area (Å²) < 4.78 is 7.83. The predicted octanol–water partition coefficient (Wildman–Crippen LogP) is 6.00. The Morgan fingerprint density at radius 1 is 0.900 bits per heavy atom. The number of benzene rings is 2. The molecule has 2 aromatic carbocycles. The molecule has 5 aromatic rings. The van der Waals surface area contributed by atoms with Gasteiger partial charge in [0.15, 0.2) is 11.0 Å². The first-order valence-corrected chi connectivity index (χ1v) is 11.4. The molecule has 148 valence electrons. The molecule has 0 saturated heterocycles. The molecule has 7 heteroatoms. The van der Waals surface area contributed by atoms with Gasteiger partial charge in [-0.1, -0.05) is 66.4 Å². The maximum absolute atomic E-state index is 5.66. The van der Waals surface area contributed by atoms with E-state index in [4.69, 9.17) is 4.42 Å². The smallest absolute Gasteiger partial charge is 0.226 e. The zero-order chi connectivity index (χ0) is 20.2. The van der Waals surface area contributed by atoms with Crippen LogP contribution in [0.3, 0.4) is 0 Å². The Labute approximate surface area is 182 Å². The van der Waals surface area contributed by atoms with Gasteiger partial charge in [0.1, 0.15) is 6.26 Å². The number of rotatable bonds is 7. The van der Waals surface area contributed by atoms with E-state index in [0.29, 0.717) is 11.6 Å². The molecule has 0 aliphatic rings. The van der Waals surface area contributed by atoms with Gasteiger partial charge < -0.3 is 4.42 Å². The zero-order valence-corrected chi connectivity index (χ0v) is 17.6. The van der Waals surface area contributed by atoms with Crippen molar-refractivity contribution in [1.82, 2.24) is 19.7 Å². The highest BCUT2D eigenvalue weighted by molar-refractivity contribution is 7.98. The number of nitrogens with zero attached hydrogens (tertiary/aromatic N) is 4. The quantitative estimate of drug-likeness (QED) is 0.296. The lowest BCUT2D eigenvalue weighted by Crippen LogP contribution is -2.03. The minimum Gasteiger partial charge on any atom is -0.444 e. The second-order valence-electron chi connectivity index (χ2n) is 6.65. The molecule has 0 saturated carbocycles. The largest absolute Gasteiger partial charge is 0.444 e. The molecule has 0 amide bonds. The Morgan fingerprint density at radius 3 is 2.47 bits per heavy atom. The third kappa shape index (κ3) is 4.08. The third-order valence-corrected chi connectivity index (χ3v) is 6.43. The zero-order valence-electron chi connectivity index (χ0n) is 16.0. The van der Waals surface area contributed by atoms with E-state index in [1.165, 1.54) is 5.56 Å². The first-order chi connectivity index (χ1) is 14.9. The normalized spacial score (nSPS) is 11.1. The summed E-state index contributed by atoms with van der Waals surface area (Å²) in [5.74, 6) is 2.19. The van der Waals surface area contributed by atoms with Crippen molar-refractivity contribution in [1.29, 1.82) is 0 Å². The number of oxazole rings is 1. The fourth-order valence-corrected chi connectivity index (χ4v) is 4.65. The molecule has 3 aromatic heterocycles. The number of thiophene rings is 1. The molecule has 0 radical (unpaired) electrons. The lowest BCUT2D eigenvalue weighted by molar-refractivity contribution is 0.573. The van der Waals surface area contributed by atoms with E-state index in [1.54, 1.807) is 29.4 Å². The molecular formula is C23H18N4OS2. The fourth-order valence-electron chi connectivity index (χ4n) is 3.12. The summed E-state index contributed by atoms with van der Waals surface area (Å²) in [6.45, 7) is 0.720. The first kappa shape index (κ1) is 18.8. The molecule has 0 unspecified atom stereocenters. The van der Waals surface area contributed by atoms with E-state index >= 15 is 0 Å². The van der Waals surface area contributed by atoms with E-state index in [0.717, 1.165) is 33.7 Å². The van der Waals surface area contributed by atoms with Crippen molar-refractivity contribution in [2.75, 3.05) is 0 Å². The van der Waals surface area contributed by atoms with Crippen molar-refractivity contribution in [2.24, 2.45) is 0 Å². The standard InChI is InChI=1S/C23H18N4OS2/c1-3-8-17(9-4-1)14-27-21(20-12-7-13-29-20)25-26-23(27)30-16-19-15-28-22(24-19)18-10-5-2-6-11-18/h1-13,15H,14,16H2. The van der Waals surface area contributed by atoms with Crippen molar-refractivity contribution in [3.05, 3.63) is 95.7 Å². The molecule has 0 spiro atoms. The van der Waals surface area contributed by atoms with Crippen LogP contribution in [0, 0.1) is 0 Å². The van der Waals surface area contributed by atoms with Crippen LogP contribution in [0.5, 0.6) is 0 Å². The van der Waals surface area contributed by atoms with E-state index < -0.39 is 0 Å². The van der Waals surface area contributed by atoms with Gasteiger partial charge in [-0.15, -0.1) is 21.5 Å². The molecule has 30 heavy (non-hydrogen) atoms. The Morgan fingerprint density at radius 2 is 1.70 bits per heavy atom. The number of aromatic nitrogens is 4. The highest BCUT2D eigenvalue weighted by Crippen LogP contribution is 2.30. The average molecular weight is 431 g/mol. The number of thioether (sulfide) groups is 1. The van der Waals surface area contributed by atoms with Crippen molar-refractivity contribution in [3.63, 3.8) is 0 Å². The maximum atomic E-state index is 5.66. The van der Waals surface area contributed by atoms with Crippen LogP contribution < -0.4 is 0 Å². The lowest BCUT2D eigenvalue weighted by atomic mass is 10.2. The minimum absolute atomic E-state index is 0.635. The van der Waals surface area contributed by atoms with Crippen LogP contribution in [-0.4, -0.2) is 19.7 Å². The van der Waals surface area contributed by atoms with Crippen LogP contribution in [0.1, 0.15) is 11.3 Å². The molecule has 0 aliphatic heterocycles. The SMILES string of the molecule is c1ccc(Cn2c(SCc3coc(-c4ccccc4)n3)nnc2-c2cccs2)cc1. The van der Waals surface area contributed by atoms with Crippen LogP contribution in [-0.2, 0) is 12.3 Å². The summed E-state index contributed by atoms with van der Waals surface area (Å²) in [6, 6.07) is 24.4. The third-order valence-electron chi connectivity index (χ3n) is 4.56. The van der Waals surface area contributed by atoms with Crippen LogP contribution in [0.2, 0.25) is 0 Å². The monoisotopic (exact) mass is 430 g/mol. The van der Waals surface area contributed by atoms with Crippen molar-refractivity contribution in [2.45, 2.75) is 17.5 Å². The lowest BCUT2D eigenvalue weighted by Gasteiger charge is -2.09. The van der Waals surface area contributed by atoms with Crippen LogP contribution >= 0.6 is 23.1 Å². The Balaban J connectivity index is 1.39. The van der Waals surface area contributed by atoms with E-state index in [1.807, 2.05) is 42.5 Å². The summed E-state index contributed by atoms with van der Waals surface area (Å²) in [5, 5.41) is 11.9. The van der Waals surface area contributed by atoms with Crippen LogP contribution in [0.4, 0.5) is 0 Å². The van der Waals surface area contributed by atoms with Gasteiger partial charge in [0.25, 0.3) is 0 Å². The molecule has 0 bridgehead atoms. The van der Waals surface area contributed by atoms with E-state index in [9.17, 15) is 0 Å². The topological polar surface area (TPSA) is 56.7 Å². The van der Waals surface area contributed by atoms with Crippen LogP contribution in [0.15, 0.2) is 94.0 Å². The molecule has 0 N–H and O–H groups in total. The van der Waals surface area contributed by atoms with Gasteiger partial charge in [-0.05, 0) is 29.1 Å². The second kappa shape index (κ2) is 8.69. The van der Waals surface area contributed by atoms with Gasteiger partial charge in [0, 0.05) is 11.3 Å². The van der Waals surface area contributed by atoms with Crippen LogP contribution in [0.25, 0.3) is 22.2 Å². The molecule has 0 fully saturated rings. The molecule has 5 nitrogen and oxygen atoms in total. The van der Waals surface area contributed by atoms with Crippen molar-refractivity contribution >= 4 is 23.1 Å². The number of hydrogen-bond donors (Lipinski definition) is 0. The number of hydrogen-bond acceptors (Lipinski definition) is 6. The van der Waals surface area contributed by atoms with Gasteiger partial charge in [-0.2, -0.15) is 0 Å². The predicted molar refractivity (Wildman–Crippen MR) is 120 cm³/mol. The summed E-state index contributed by atoms with van der Waals surface area (Å²) in [7, 11) is 0. The fraction of sp³-hybridized carbons (Fsp3) is 0.0870. The van der Waals surface area contributed by atoms with E-state index in [2.05, 4.69) is 55.5 Å². The summed E-state index contributed by atoms with van der Waals surface area (Å²) in [6.07, 6.45) is 1.72. The Kier molecular flexibility index (Phi) is 5.46. The Bertz CT molecular complexity index is 1210. The summed E-state index contributed by atoms with van der Waals surface area (Å²) in [4.78, 5) is 5.73. The van der Waals surface area contributed by atoms with Crippen molar-refractivity contribution < 1.29 is 4.42 Å². The average Bonchev–Trinajstić information content (AvgIpc) is 3.55. The first-order valence-electron chi connectivity index (χ1n) is 9.50. The molecular weight excluding hydrogens is 412 g/mol. The summed E-state index contributed by atoms with van der Waals surface area (Å²) in [5.41, 5.74) is 3.07. The second-order valence-corrected chi connectivity index (χ2v) is 8.54. The highest BCUT2D eigenvalue weighted by atomic mass is 32.2. The van der Waals surface area contributed by atoms with Crippen molar-refractivity contribution in [3.8, 4) is 22.2 Å². The van der Waals surface area contributed by atoms with Gasteiger partial charge >= 0.3 is 0 Å². The molecule has 0 atom stereocenters. The van der Waals surface area contributed by atoms with E-state index in [-0.39, 0.29) is 0 Å².